The van der Waals surface area contributed by atoms with Crippen molar-refractivity contribution in [2.75, 3.05) is 13.1 Å². The minimum Gasteiger partial charge on any atom is -0.338 e. The van der Waals surface area contributed by atoms with Crippen LogP contribution in [0.4, 0.5) is 0 Å². The van der Waals surface area contributed by atoms with Crippen LogP contribution in [0.15, 0.2) is 12.1 Å². The molecular formula is C14H22Cl2N2OS. The number of piperidine rings is 1. The van der Waals surface area contributed by atoms with E-state index in [2.05, 4.69) is 6.92 Å². The summed E-state index contributed by atoms with van der Waals surface area (Å²) in [6.07, 6.45) is 2.08. The summed E-state index contributed by atoms with van der Waals surface area (Å²) >= 11 is 7.43. The fourth-order valence-corrected chi connectivity index (χ4v) is 3.80. The Morgan fingerprint density at radius 2 is 2.30 bits per heavy atom. The molecule has 1 amide bonds. The molecule has 0 radical (unpaired) electrons. The summed E-state index contributed by atoms with van der Waals surface area (Å²) in [5.74, 6) is 0.713. The molecular weight excluding hydrogens is 315 g/mol. The Morgan fingerprint density at radius 3 is 2.85 bits per heavy atom. The van der Waals surface area contributed by atoms with Gasteiger partial charge in [0.2, 0.25) is 5.91 Å². The maximum atomic E-state index is 12.6. The first-order valence-electron chi connectivity index (χ1n) is 6.78. The summed E-state index contributed by atoms with van der Waals surface area (Å²) in [6, 6.07) is 3.98. The van der Waals surface area contributed by atoms with E-state index in [0.29, 0.717) is 12.5 Å². The molecule has 2 heterocycles. The van der Waals surface area contributed by atoms with Crippen molar-refractivity contribution in [1.82, 2.24) is 4.90 Å². The Morgan fingerprint density at radius 1 is 1.60 bits per heavy atom. The molecule has 1 aliphatic heterocycles. The molecule has 3 atom stereocenters. The highest BCUT2D eigenvalue weighted by atomic mass is 35.5. The molecule has 1 aromatic heterocycles. The summed E-state index contributed by atoms with van der Waals surface area (Å²) < 4.78 is 0.734. The van der Waals surface area contributed by atoms with Crippen LogP contribution in [0.25, 0.3) is 0 Å². The smallest absolute Gasteiger partial charge is 0.230 e. The molecule has 1 saturated heterocycles. The summed E-state index contributed by atoms with van der Waals surface area (Å²) in [4.78, 5) is 15.6. The average Bonchev–Trinajstić information content (AvgIpc) is 2.83. The number of nitrogens with zero attached hydrogens (tertiary/aromatic N) is 1. The highest BCUT2D eigenvalue weighted by Gasteiger charge is 2.32. The van der Waals surface area contributed by atoms with Crippen molar-refractivity contribution in [1.29, 1.82) is 0 Å². The van der Waals surface area contributed by atoms with Crippen molar-refractivity contribution in [2.24, 2.45) is 11.7 Å². The van der Waals surface area contributed by atoms with Gasteiger partial charge >= 0.3 is 0 Å². The van der Waals surface area contributed by atoms with Crippen LogP contribution < -0.4 is 5.73 Å². The number of nitrogens with two attached hydrogens (primary N) is 1. The number of hydrogen-bond donors (Lipinski definition) is 1. The van der Waals surface area contributed by atoms with Gasteiger partial charge in [-0.15, -0.1) is 23.7 Å². The van der Waals surface area contributed by atoms with Gasteiger partial charge in [-0.1, -0.05) is 18.5 Å². The number of likely N-dealkylation sites (tertiary alicyclic amines) is 1. The quantitative estimate of drug-likeness (QED) is 0.917. The van der Waals surface area contributed by atoms with Crippen LogP contribution in [-0.4, -0.2) is 29.9 Å². The molecule has 0 bridgehead atoms. The minimum atomic E-state index is -0.125. The Kier molecular flexibility index (Phi) is 6.79. The summed E-state index contributed by atoms with van der Waals surface area (Å²) in [7, 11) is 0. The molecule has 0 aliphatic carbocycles. The van der Waals surface area contributed by atoms with E-state index in [-0.39, 0.29) is 30.3 Å². The monoisotopic (exact) mass is 336 g/mol. The molecule has 6 heteroatoms. The van der Waals surface area contributed by atoms with Crippen molar-refractivity contribution < 1.29 is 4.79 Å². The molecule has 3 nitrogen and oxygen atoms in total. The van der Waals surface area contributed by atoms with Gasteiger partial charge in [0.15, 0.2) is 0 Å². The summed E-state index contributed by atoms with van der Waals surface area (Å²) in [6.45, 7) is 5.56. The standard InChI is InChI=1S/C14H21ClN2OS.ClH/c1-9-5-6-17(11(7-9)8-16)14(18)10(2)12-3-4-13(15)19-12;/h3-4,9-11H,5-8,16H2,1-2H3;1H. The molecule has 0 saturated carbocycles. The predicted molar refractivity (Wildman–Crippen MR) is 87.9 cm³/mol. The van der Waals surface area contributed by atoms with E-state index in [9.17, 15) is 4.79 Å². The van der Waals surface area contributed by atoms with Gasteiger partial charge < -0.3 is 10.6 Å². The van der Waals surface area contributed by atoms with Crippen molar-refractivity contribution in [3.05, 3.63) is 21.3 Å². The molecule has 2 rings (SSSR count). The second-order valence-electron chi connectivity index (χ2n) is 5.41. The molecule has 114 valence electrons. The van der Waals surface area contributed by atoms with Gasteiger partial charge in [-0.25, -0.2) is 0 Å². The fourth-order valence-electron chi connectivity index (χ4n) is 2.70. The lowest BCUT2D eigenvalue weighted by Gasteiger charge is -2.39. The highest BCUT2D eigenvalue weighted by Crippen LogP contribution is 2.31. The van der Waals surface area contributed by atoms with Gasteiger partial charge in [-0.3, -0.25) is 4.79 Å². The van der Waals surface area contributed by atoms with Crippen LogP contribution in [0.1, 0.15) is 37.5 Å². The average molecular weight is 337 g/mol. The number of rotatable bonds is 3. The third kappa shape index (κ3) is 3.88. The molecule has 2 N–H and O–H groups in total. The van der Waals surface area contributed by atoms with E-state index >= 15 is 0 Å². The molecule has 1 aliphatic rings. The first kappa shape index (κ1) is 17.8. The van der Waals surface area contributed by atoms with Gasteiger partial charge in [0.25, 0.3) is 0 Å². The van der Waals surface area contributed by atoms with Crippen LogP contribution in [0.2, 0.25) is 4.34 Å². The lowest BCUT2D eigenvalue weighted by molar-refractivity contribution is -0.136. The lowest BCUT2D eigenvalue weighted by Crippen LogP contribution is -2.50. The lowest BCUT2D eigenvalue weighted by atomic mass is 9.91. The largest absolute Gasteiger partial charge is 0.338 e. The molecule has 1 aromatic rings. The zero-order valence-corrected chi connectivity index (χ0v) is 14.2. The van der Waals surface area contributed by atoms with Gasteiger partial charge in [0.1, 0.15) is 0 Å². The number of carbonyl (C=O) groups is 1. The van der Waals surface area contributed by atoms with E-state index < -0.39 is 0 Å². The Balaban J connectivity index is 0.00000200. The second-order valence-corrected chi connectivity index (χ2v) is 7.16. The predicted octanol–water partition coefficient (Wildman–Crippen LogP) is 3.51. The molecule has 0 aromatic carbocycles. The fraction of sp³-hybridized carbons (Fsp3) is 0.643. The van der Waals surface area contributed by atoms with Crippen LogP contribution in [0.5, 0.6) is 0 Å². The zero-order valence-electron chi connectivity index (χ0n) is 11.8. The second kappa shape index (κ2) is 7.64. The van der Waals surface area contributed by atoms with E-state index in [4.69, 9.17) is 17.3 Å². The number of hydrogen-bond acceptors (Lipinski definition) is 3. The first-order valence-corrected chi connectivity index (χ1v) is 7.98. The first-order chi connectivity index (χ1) is 9.02. The summed E-state index contributed by atoms with van der Waals surface area (Å²) in [5.41, 5.74) is 5.82. The third-order valence-corrected chi connectivity index (χ3v) is 5.34. The normalized spacial score (nSPS) is 24.1. The summed E-state index contributed by atoms with van der Waals surface area (Å²) in [5, 5.41) is 0. The van der Waals surface area contributed by atoms with Crippen molar-refractivity contribution in [3.8, 4) is 0 Å². The molecule has 0 spiro atoms. The Bertz CT molecular complexity index is 452. The molecule has 3 unspecified atom stereocenters. The van der Waals surface area contributed by atoms with Crippen LogP contribution in [0.3, 0.4) is 0 Å². The van der Waals surface area contributed by atoms with E-state index in [1.54, 1.807) is 0 Å². The SMILES string of the molecule is CC1CCN(C(=O)C(C)c2ccc(Cl)s2)C(CN)C1.Cl. The topological polar surface area (TPSA) is 46.3 Å². The van der Waals surface area contributed by atoms with Crippen molar-refractivity contribution in [3.63, 3.8) is 0 Å². The molecule has 1 fully saturated rings. The van der Waals surface area contributed by atoms with Gasteiger partial charge in [-0.05, 0) is 37.8 Å². The van der Waals surface area contributed by atoms with E-state index in [1.165, 1.54) is 11.3 Å². The van der Waals surface area contributed by atoms with Gasteiger partial charge in [0.05, 0.1) is 10.3 Å². The zero-order chi connectivity index (χ0) is 14.0. The van der Waals surface area contributed by atoms with E-state index in [1.807, 2.05) is 24.0 Å². The molecule has 20 heavy (non-hydrogen) atoms. The Hall–Kier alpha value is -0.290. The maximum Gasteiger partial charge on any atom is 0.230 e. The highest BCUT2D eigenvalue weighted by molar-refractivity contribution is 7.16. The van der Waals surface area contributed by atoms with Gasteiger partial charge in [0, 0.05) is 24.0 Å². The van der Waals surface area contributed by atoms with Crippen molar-refractivity contribution >= 4 is 41.3 Å². The minimum absolute atomic E-state index is 0. The maximum absolute atomic E-state index is 12.6. The van der Waals surface area contributed by atoms with E-state index in [0.717, 1.165) is 28.6 Å². The van der Waals surface area contributed by atoms with Gasteiger partial charge in [-0.2, -0.15) is 0 Å². The number of thiophene rings is 1. The number of carbonyl (C=O) groups excluding carboxylic acids is 1. The van der Waals surface area contributed by atoms with Crippen LogP contribution >= 0.6 is 35.3 Å². The van der Waals surface area contributed by atoms with Crippen LogP contribution in [0, 0.1) is 5.92 Å². The number of amides is 1. The van der Waals surface area contributed by atoms with Crippen molar-refractivity contribution in [2.45, 2.75) is 38.6 Å². The Labute approximate surface area is 135 Å². The van der Waals surface area contributed by atoms with Crippen LogP contribution in [-0.2, 0) is 4.79 Å². The third-order valence-electron chi connectivity index (χ3n) is 3.92. The number of halogens is 2.